The second-order valence-corrected chi connectivity index (χ2v) is 10.2. The maximum absolute atomic E-state index is 13.3. The molecule has 1 aliphatic rings. The van der Waals surface area contributed by atoms with E-state index in [9.17, 15) is 4.79 Å². The molecule has 31 heavy (non-hydrogen) atoms. The molecule has 0 heterocycles. The summed E-state index contributed by atoms with van der Waals surface area (Å²) in [6.07, 6.45) is 3.95. The molecule has 0 N–H and O–H groups in total. The average molecular weight is 433 g/mol. The maximum Gasteiger partial charge on any atom is 0.186 e. The smallest absolute Gasteiger partial charge is 0.186 e. The van der Waals surface area contributed by atoms with E-state index in [0.29, 0.717) is 10.7 Å². The molecule has 0 bridgehead atoms. The van der Waals surface area contributed by atoms with Gasteiger partial charge in [-0.3, -0.25) is 4.79 Å². The fraction of sp³-hybridized carbons (Fsp3) is 0.296. The zero-order valence-electron chi connectivity index (χ0n) is 19.0. The minimum atomic E-state index is -0.289. The van der Waals surface area contributed by atoms with Crippen LogP contribution in [0.4, 0.5) is 5.69 Å². The van der Waals surface area contributed by atoms with Crippen LogP contribution in [0.2, 0.25) is 5.02 Å². The van der Waals surface area contributed by atoms with Crippen molar-refractivity contribution in [3.05, 3.63) is 94.1 Å². The van der Waals surface area contributed by atoms with Crippen molar-refractivity contribution in [1.29, 1.82) is 0 Å². The number of Topliss-reactive ketones (excluding diaryl/α,β-unsaturated/α-hetero) is 1. The summed E-state index contributed by atoms with van der Waals surface area (Å²) >= 11 is 5.99. The Balaban J connectivity index is 2.25. The van der Waals surface area contributed by atoms with Gasteiger partial charge in [0.15, 0.2) is 5.78 Å². The van der Waals surface area contributed by atoms with E-state index in [-0.39, 0.29) is 16.6 Å². The number of carbonyl (C=O) groups excluding carboxylic acids is 1. The highest BCUT2D eigenvalue weighted by Crippen LogP contribution is 2.41. The van der Waals surface area contributed by atoms with Crippen molar-refractivity contribution in [1.82, 2.24) is 0 Å². The lowest BCUT2D eigenvalue weighted by Gasteiger charge is -2.31. The summed E-state index contributed by atoms with van der Waals surface area (Å²) in [6, 6.07) is 17.2. The topological polar surface area (TPSA) is 41.8 Å². The molecule has 0 aliphatic heterocycles. The van der Waals surface area contributed by atoms with E-state index >= 15 is 0 Å². The fourth-order valence-electron chi connectivity index (χ4n) is 3.37. The van der Waals surface area contributed by atoms with Crippen molar-refractivity contribution in [2.75, 3.05) is 0 Å². The molecule has 4 heteroatoms. The zero-order valence-corrected chi connectivity index (χ0v) is 19.8. The molecule has 0 radical (unpaired) electrons. The molecule has 160 valence electrons. The maximum atomic E-state index is 13.3. The number of hydrogen-bond donors (Lipinski definition) is 0. The van der Waals surface area contributed by atoms with E-state index in [2.05, 4.69) is 51.8 Å². The summed E-state index contributed by atoms with van der Waals surface area (Å²) < 4.78 is 0. The van der Waals surface area contributed by atoms with Gasteiger partial charge in [0.1, 0.15) is 5.70 Å². The Kier molecular flexibility index (Phi) is 6.47. The summed E-state index contributed by atoms with van der Waals surface area (Å²) in [5, 5.41) is 9.75. The molecule has 3 rings (SSSR count). The van der Waals surface area contributed by atoms with Crippen LogP contribution in [0.5, 0.6) is 0 Å². The summed E-state index contributed by atoms with van der Waals surface area (Å²) in [6.45, 7) is 12.4. The lowest BCUT2D eigenvalue weighted by atomic mass is 9.71. The van der Waals surface area contributed by atoms with Gasteiger partial charge in [0.25, 0.3) is 0 Å². The first kappa shape index (κ1) is 22.9. The highest BCUT2D eigenvalue weighted by atomic mass is 35.5. The molecule has 1 aliphatic carbocycles. The predicted molar refractivity (Wildman–Crippen MR) is 129 cm³/mol. The number of rotatable bonds is 3. The van der Waals surface area contributed by atoms with Gasteiger partial charge >= 0.3 is 0 Å². The van der Waals surface area contributed by atoms with Crippen LogP contribution >= 0.6 is 11.6 Å². The Bertz CT molecular complexity index is 1050. The molecule has 0 saturated carbocycles. The number of benzene rings is 2. The van der Waals surface area contributed by atoms with E-state index in [1.165, 1.54) is 0 Å². The molecular formula is C27H29ClN2O. The van der Waals surface area contributed by atoms with Crippen molar-refractivity contribution in [3.8, 4) is 0 Å². The molecule has 3 nitrogen and oxygen atoms in total. The average Bonchev–Trinajstić information content (AvgIpc) is 2.69. The van der Waals surface area contributed by atoms with Crippen LogP contribution in [-0.2, 0) is 4.79 Å². The van der Waals surface area contributed by atoms with Crippen LogP contribution in [0.1, 0.15) is 47.1 Å². The Morgan fingerprint density at radius 3 is 1.77 bits per heavy atom. The number of halogens is 1. The molecule has 0 fully saturated rings. The third-order valence-corrected chi connectivity index (χ3v) is 5.37. The second kappa shape index (κ2) is 8.76. The number of ketones is 1. The van der Waals surface area contributed by atoms with Crippen molar-refractivity contribution >= 4 is 28.8 Å². The van der Waals surface area contributed by atoms with E-state index in [1.54, 1.807) is 12.1 Å². The normalized spacial score (nSPS) is 15.2. The van der Waals surface area contributed by atoms with E-state index in [1.807, 2.05) is 54.6 Å². The molecule has 2 aromatic rings. The third-order valence-electron chi connectivity index (χ3n) is 5.12. The van der Waals surface area contributed by atoms with Crippen LogP contribution in [0.15, 0.2) is 93.7 Å². The van der Waals surface area contributed by atoms with Crippen molar-refractivity contribution < 1.29 is 4.79 Å². The van der Waals surface area contributed by atoms with Gasteiger partial charge in [0.05, 0.1) is 5.69 Å². The fourth-order valence-corrected chi connectivity index (χ4v) is 3.50. The van der Waals surface area contributed by atoms with Crippen LogP contribution in [0, 0.1) is 10.8 Å². The van der Waals surface area contributed by atoms with Crippen molar-refractivity contribution in [3.63, 3.8) is 0 Å². The van der Waals surface area contributed by atoms with Crippen molar-refractivity contribution in [2.45, 2.75) is 41.5 Å². The number of nitrogens with zero attached hydrogens (tertiary/aromatic N) is 2. The van der Waals surface area contributed by atoms with E-state index in [4.69, 9.17) is 11.6 Å². The van der Waals surface area contributed by atoms with Gasteiger partial charge in [0, 0.05) is 27.3 Å². The van der Waals surface area contributed by atoms with Crippen LogP contribution in [-0.4, -0.2) is 5.78 Å². The quantitative estimate of drug-likeness (QED) is 0.449. The first-order valence-electron chi connectivity index (χ1n) is 10.4. The lowest BCUT2D eigenvalue weighted by Crippen LogP contribution is -2.28. The number of hydrogen-bond acceptors (Lipinski definition) is 3. The molecular weight excluding hydrogens is 404 g/mol. The van der Waals surface area contributed by atoms with Gasteiger partial charge in [-0.2, -0.15) is 5.11 Å². The third kappa shape index (κ3) is 5.48. The standard InChI is InChI=1S/C27H29ClN2O/c1-26(2,3)22-16-19(17-23(25(22)31)27(4,5)6)24(18-10-8-7-9-11-18)30-29-21-14-12-20(28)13-15-21/h7-17H,1-6H3. The number of azo groups is 1. The predicted octanol–water partition coefficient (Wildman–Crippen LogP) is 8.36. The molecule has 0 saturated heterocycles. The Morgan fingerprint density at radius 2 is 1.29 bits per heavy atom. The van der Waals surface area contributed by atoms with Gasteiger partial charge < -0.3 is 0 Å². The lowest BCUT2D eigenvalue weighted by molar-refractivity contribution is -0.114. The van der Waals surface area contributed by atoms with E-state index < -0.39 is 0 Å². The molecule has 0 spiro atoms. The van der Waals surface area contributed by atoms with Gasteiger partial charge in [-0.25, -0.2) is 0 Å². The first-order valence-corrected chi connectivity index (χ1v) is 10.8. The minimum Gasteiger partial charge on any atom is -0.289 e. The SMILES string of the molecule is CC(C)(C)C1=CC(=C(N=Nc2ccc(Cl)cc2)c2ccccc2)C=C(C(C)(C)C)C1=O. The Morgan fingerprint density at radius 1 is 0.774 bits per heavy atom. The summed E-state index contributed by atoms with van der Waals surface area (Å²) in [5.74, 6) is 0.103. The van der Waals surface area contributed by atoms with Crippen LogP contribution in [0.25, 0.3) is 5.70 Å². The zero-order chi connectivity index (χ0) is 22.8. The molecule has 0 amide bonds. The molecule has 2 aromatic carbocycles. The van der Waals surface area contributed by atoms with Crippen molar-refractivity contribution in [2.24, 2.45) is 21.1 Å². The second-order valence-electron chi connectivity index (χ2n) is 9.79. The highest BCUT2D eigenvalue weighted by Gasteiger charge is 2.34. The Labute approximate surface area is 190 Å². The highest BCUT2D eigenvalue weighted by molar-refractivity contribution is 6.30. The van der Waals surface area contributed by atoms with Gasteiger partial charge in [0.2, 0.25) is 0 Å². The van der Waals surface area contributed by atoms with Gasteiger partial charge in [-0.1, -0.05) is 83.5 Å². The monoisotopic (exact) mass is 432 g/mol. The van der Waals surface area contributed by atoms with Crippen LogP contribution in [0.3, 0.4) is 0 Å². The number of carbonyl (C=O) groups is 1. The molecule has 0 unspecified atom stereocenters. The van der Waals surface area contributed by atoms with Gasteiger partial charge in [-0.15, -0.1) is 5.11 Å². The molecule has 0 aromatic heterocycles. The summed E-state index contributed by atoms with van der Waals surface area (Å²) in [5.41, 5.74) is 4.26. The minimum absolute atomic E-state index is 0.103. The van der Waals surface area contributed by atoms with Gasteiger partial charge in [-0.05, 0) is 47.2 Å². The first-order chi connectivity index (χ1) is 14.5. The summed E-state index contributed by atoms with van der Waals surface area (Å²) in [4.78, 5) is 13.3. The van der Waals surface area contributed by atoms with E-state index in [0.717, 1.165) is 28.0 Å². The number of allylic oxidation sites excluding steroid dienone is 5. The molecule has 0 atom stereocenters. The largest absolute Gasteiger partial charge is 0.289 e. The summed E-state index contributed by atoms with van der Waals surface area (Å²) in [7, 11) is 0. The van der Waals surface area contributed by atoms with Crippen LogP contribution < -0.4 is 0 Å². The Hall–Kier alpha value is -2.78.